The number of halogens is 4. The Labute approximate surface area is 164 Å². The maximum Gasteiger partial charge on any atom is 0.416 e. The Morgan fingerprint density at radius 1 is 1.18 bits per heavy atom. The summed E-state index contributed by atoms with van der Waals surface area (Å²) < 4.78 is 46.1. The molecule has 0 amide bonds. The quantitative estimate of drug-likeness (QED) is 0.653. The van der Waals surface area contributed by atoms with Gasteiger partial charge in [0.05, 0.1) is 29.1 Å². The van der Waals surface area contributed by atoms with Crippen LogP contribution in [0.25, 0.3) is 5.69 Å². The summed E-state index contributed by atoms with van der Waals surface area (Å²) in [6, 6.07) is 10.9. The van der Waals surface area contributed by atoms with Crippen molar-refractivity contribution >= 4 is 17.4 Å². The Bertz CT molecular complexity index is 1010. The van der Waals surface area contributed by atoms with E-state index in [9.17, 15) is 13.2 Å². The molecule has 4 nitrogen and oxygen atoms in total. The molecule has 28 heavy (non-hydrogen) atoms. The largest absolute Gasteiger partial charge is 0.497 e. The molecule has 0 radical (unpaired) electrons. The Morgan fingerprint density at radius 3 is 2.61 bits per heavy atom. The van der Waals surface area contributed by atoms with Crippen molar-refractivity contribution in [1.29, 1.82) is 0 Å². The van der Waals surface area contributed by atoms with Gasteiger partial charge in [0.25, 0.3) is 0 Å². The smallest absolute Gasteiger partial charge is 0.416 e. The Hall–Kier alpha value is -2.67. The second-order valence-corrected chi connectivity index (χ2v) is 6.96. The zero-order chi connectivity index (χ0) is 19.9. The van der Waals surface area contributed by atoms with Crippen molar-refractivity contribution in [3.05, 3.63) is 69.9 Å². The molecular formula is C20H17ClF3N3O. The predicted molar refractivity (Wildman–Crippen MR) is 102 cm³/mol. The monoisotopic (exact) mass is 407 g/mol. The number of nitrogens with zero attached hydrogens (tertiary/aromatic N) is 2. The summed E-state index contributed by atoms with van der Waals surface area (Å²) in [6.45, 7) is 0.708. The third-order valence-electron chi connectivity index (χ3n) is 4.77. The van der Waals surface area contributed by atoms with Crippen LogP contribution < -0.4 is 10.1 Å². The van der Waals surface area contributed by atoms with Gasteiger partial charge in [-0.2, -0.15) is 18.3 Å². The van der Waals surface area contributed by atoms with Gasteiger partial charge in [-0.1, -0.05) is 23.7 Å². The molecule has 3 aromatic rings. The second-order valence-electron chi connectivity index (χ2n) is 6.55. The molecule has 0 saturated carbocycles. The highest BCUT2D eigenvalue weighted by Crippen LogP contribution is 2.36. The van der Waals surface area contributed by atoms with Gasteiger partial charge in [0.15, 0.2) is 0 Å². The number of benzene rings is 2. The van der Waals surface area contributed by atoms with E-state index in [1.165, 1.54) is 10.7 Å². The van der Waals surface area contributed by atoms with Gasteiger partial charge in [0.1, 0.15) is 11.6 Å². The van der Waals surface area contributed by atoms with Crippen molar-refractivity contribution in [3.63, 3.8) is 0 Å². The predicted octanol–water partition coefficient (Wildman–Crippen LogP) is 5.11. The molecule has 0 fully saturated rings. The number of methoxy groups -OCH3 is 1. The van der Waals surface area contributed by atoms with E-state index < -0.39 is 11.7 Å². The van der Waals surface area contributed by atoms with Crippen molar-refractivity contribution in [2.75, 3.05) is 19.0 Å². The summed E-state index contributed by atoms with van der Waals surface area (Å²) in [5.74, 6) is 1.46. The molecule has 0 atom stereocenters. The highest BCUT2D eigenvalue weighted by atomic mass is 35.5. The number of alkyl halides is 3. The van der Waals surface area contributed by atoms with E-state index in [-0.39, 0.29) is 10.7 Å². The molecule has 1 N–H and O–H groups in total. The number of fused-ring (bicyclic) bond motifs is 1. The lowest BCUT2D eigenvalue weighted by molar-refractivity contribution is -0.137. The van der Waals surface area contributed by atoms with Crippen LogP contribution in [0.1, 0.15) is 22.4 Å². The number of anilines is 1. The first-order valence-corrected chi connectivity index (χ1v) is 9.09. The number of nitrogens with one attached hydrogen (secondary N) is 1. The summed E-state index contributed by atoms with van der Waals surface area (Å²) in [5.41, 5.74) is 2.31. The number of ether oxygens (including phenoxy) is 1. The standard InChI is InChI=1S/C20H17ClF3N3O/c1-28-14-5-2-12(3-6-14)10-17-15-8-9-25-19(15)27(26-17)18-11-13(20(22,23)24)4-7-16(18)21/h2-7,11,25H,8-10H2,1H3. The minimum Gasteiger partial charge on any atom is -0.497 e. The molecule has 0 aliphatic carbocycles. The third kappa shape index (κ3) is 3.42. The number of aromatic nitrogens is 2. The van der Waals surface area contributed by atoms with Crippen molar-refractivity contribution in [2.45, 2.75) is 19.0 Å². The minimum absolute atomic E-state index is 0.211. The molecule has 4 rings (SSSR count). The third-order valence-corrected chi connectivity index (χ3v) is 5.09. The Kier molecular flexibility index (Phi) is 4.71. The molecular weight excluding hydrogens is 391 g/mol. The Balaban J connectivity index is 1.75. The molecule has 8 heteroatoms. The minimum atomic E-state index is -4.45. The van der Waals surface area contributed by atoms with Crippen LogP contribution in [0.2, 0.25) is 5.02 Å². The average Bonchev–Trinajstić information content (AvgIpc) is 3.26. The van der Waals surface area contributed by atoms with Crippen LogP contribution in [0.3, 0.4) is 0 Å². The summed E-state index contributed by atoms with van der Waals surface area (Å²) in [7, 11) is 1.61. The van der Waals surface area contributed by atoms with E-state index >= 15 is 0 Å². The van der Waals surface area contributed by atoms with Gasteiger partial charge < -0.3 is 10.1 Å². The van der Waals surface area contributed by atoms with Crippen LogP contribution in [0.15, 0.2) is 42.5 Å². The number of hydrogen-bond acceptors (Lipinski definition) is 3. The zero-order valence-electron chi connectivity index (χ0n) is 15.0. The van der Waals surface area contributed by atoms with E-state index in [0.717, 1.165) is 41.1 Å². The molecule has 0 unspecified atom stereocenters. The molecule has 1 aliphatic rings. The number of rotatable bonds is 4. The molecule has 0 spiro atoms. The number of hydrogen-bond donors (Lipinski definition) is 1. The molecule has 146 valence electrons. The van der Waals surface area contributed by atoms with Gasteiger partial charge in [0.2, 0.25) is 0 Å². The summed E-state index contributed by atoms with van der Waals surface area (Å²) in [6.07, 6.45) is -3.12. The van der Waals surface area contributed by atoms with Crippen LogP contribution in [0.4, 0.5) is 19.0 Å². The lowest BCUT2D eigenvalue weighted by atomic mass is 10.1. The van der Waals surface area contributed by atoms with Crippen molar-refractivity contribution in [3.8, 4) is 11.4 Å². The average molecular weight is 408 g/mol. The normalized spacial score (nSPS) is 13.3. The van der Waals surface area contributed by atoms with E-state index in [1.807, 2.05) is 24.3 Å². The van der Waals surface area contributed by atoms with Gasteiger partial charge in [0, 0.05) is 18.5 Å². The SMILES string of the molecule is COc1ccc(Cc2nn(-c3cc(C(F)(F)F)ccc3Cl)c3c2CCN3)cc1. The van der Waals surface area contributed by atoms with Crippen LogP contribution in [-0.4, -0.2) is 23.4 Å². The van der Waals surface area contributed by atoms with Gasteiger partial charge in [-0.05, 0) is 42.3 Å². The van der Waals surface area contributed by atoms with E-state index in [0.29, 0.717) is 18.8 Å². The summed E-state index contributed by atoms with van der Waals surface area (Å²) in [5, 5.41) is 8.02. The Morgan fingerprint density at radius 2 is 1.93 bits per heavy atom. The van der Waals surface area contributed by atoms with Crippen LogP contribution >= 0.6 is 11.6 Å². The zero-order valence-corrected chi connectivity index (χ0v) is 15.7. The first-order valence-electron chi connectivity index (χ1n) is 8.71. The maximum atomic E-state index is 13.1. The maximum absolute atomic E-state index is 13.1. The van der Waals surface area contributed by atoms with E-state index in [1.54, 1.807) is 7.11 Å². The van der Waals surface area contributed by atoms with Crippen molar-refractivity contribution in [1.82, 2.24) is 9.78 Å². The van der Waals surface area contributed by atoms with Crippen LogP contribution in [0.5, 0.6) is 5.75 Å². The van der Waals surface area contributed by atoms with Gasteiger partial charge >= 0.3 is 6.18 Å². The summed E-state index contributed by atoms with van der Waals surface area (Å²) in [4.78, 5) is 0. The second kappa shape index (κ2) is 7.05. The van der Waals surface area contributed by atoms with Crippen LogP contribution in [0, 0.1) is 0 Å². The highest BCUT2D eigenvalue weighted by Gasteiger charge is 2.32. The molecule has 1 aromatic heterocycles. The van der Waals surface area contributed by atoms with Crippen LogP contribution in [-0.2, 0) is 19.0 Å². The van der Waals surface area contributed by atoms with Crippen molar-refractivity contribution in [2.24, 2.45) is 0 Å². The fourth-order valence-corrected chi connectivity index (χ4v) is 3.55. The van der Waals surface area contributed by atoms with E-state index in [4.69, 9.17) is 16.3 Å². The molecule has 0 bridgehead atoms. The van der Waals surface area contributed by atoms with Crippen molar-refractivity contribution < 1.29 is 17.9 Å². The van der Waals surface area contributed by atoms with Gasteiger partial charge in [-0.3, -0.25) is 0 Å². The lowest BCUT2D eigenvalue weighted by Crippen LogP contribution is -2.09. The first-order chi connectivity index (χ1) is 13.4. The summed E-state index contributed by atoms with van der Waals surface area (Å²) >= 11 is 6.22. The lowest BCUT2D eigenvalue weighted by Gasteiger charge is -2.12. The fraction of sp³-hybridized carbons (Fsp3) is 0.250. The molecule has 1 aliphatic heterocycles. The molecule has 0 saturated heterocycles. The molecule has 2 aromatic carbocycles. The highest BCUT2D eigenvalue weighted by molar-refractivity contribution is 6.32. The topological polar surface area (TPSA) is 39.1 Å². The van der Waals surface area contributed by atoms with Gasteiger partial charge in [-0.15, -0.1) is 0 Å². The fourth-order valence-electron chi connectivity index (χ4n) is 3.35. The van der Waals surface area contributed by atoms with E-state index in [2.05, 4.69) is 10.4 Å². The first kappa shape index (κ1) is 18.7. The molecule has 2 heterocycles. The van der Waals surface area contributed by atoms with Gasteiger partial charge in [-0.25, -0.2) is 4.68 Å².